The van der Waals surface area contributed by atoms with E-state index < -0.39 is 43.0 Å². The van der Waals surface area contributed by atoms with Crippen molar-refractivity contribution in [3.8, 4) is 0 Å². The van der Waals surface area contributed by atoms with Gasteiger partial charge in [-0.15, -0.1) is 0 Å². The summed E-state index contributed by atoms with van der Waals surface area (Å²) in [5.74, 6) is -0.644. The molecule has 12 N–H and O–H groups in total. The molecule has 0 rings (SSSR count). The SMILES string of the molecule is NC(=O)C(CCCCN=C(N)N)NC[C@H](O)[C@@H](O)[C@H](O)[C@H](O)CO. The second-order valence-corrected chi connectivity index (χ2v) is 5.46. The lowest BCUT2D eigenvalue weighted by Crippen LogP contribution is -2.52. The number of unbranched alkanes of at least 4 members (excludes halogenated alkanes) is 1. The number of nitrogens with zero attached hydrogens (tertiary/aromatic N) is 1. The lowest BCUT2D eigenvalue weighted by Gasteiger charge is -2.27. The fraction of sp³-hybridized carbons (Fsp3) is 0.846. The summed E-state index contributed by atoms with van der Waals surface area (Å²) in [4.78, 5) is 15.2. The van der Waals surface area contributed by atoms with Crippen LogP contribution in [0.5, 0.6) is 0 Å². The standard InChI is InChI=1S/C13H29N5O6/c14-12(24)7(3-1-2-4-17-13(15)16)18-5-8(20)10(22)11(23)9(21)6-19/h7-11,18-23H,1-6H2,(H2,14,24)(H4,15,16,17)/t7?,8-,9+,10+,11+/m0/s1. The average Bonchev–Trinajstić information content (AvgIpc) is 2.53. The van der Waals surface area contributed by atoms with E-state index in [9.17, 15) is 25.2 Å². The average molecular weight is 351 g/mol. The third kappa shape index (κ3) is 8.96. The zero-order chi connectivity index (χ0) is 18.7. The van der Waals surface area contributed by atoms with Gasteiger partial charge in [0.05, 0.1) is 18.8 Å². The normalized spacial score (nSPS) is 17.5. The molecule has 0 aliphatic heterocycles. The zero-order valence-corrected chi connectivity index (χ0v) is 13.5. The third-order valence-electron chi connectivity index (χ3n) is 3.44. The molecule has 0 aliphatic carbocycles. The van der Waals surface area contributed by atoms with Crippen LogP contribution >= 0.6 is 0 Å². The molecule has 0 aliphatic rings. The van der Waals surface area contributed by atoms with Crippen molar-refractivity contribution in [1.82, 2.24) is 5.32 Å². The quantitative estimate of drug-likeness (QED) is 0.0882. The lowest BCUT2D eigenvalue weighted by molar-refractivity contribution is -0.122. The predicted molar refractivity (Wildman–Crippen MR) is 86.6 cm³/mol. The van der Waals surface area contributed by atoms with Crippen LogP contribution in [-0.4, -0.2) is 87.6 Å². The number of carbonyl (C=O) groups excluding carboxylic acids is 1. The molecule has 11 heteroatoms. The van der Waals surface area contributed by atoms with Gasteiger partial charge in [-0.05, 0) is 19.3 Å². The molecule has 0 aromatic carbocycles. The Kier molecular flexibility index (Phi) is 11.2. The maximum Gasteiger partial charge on any atom is 0.234 e. The largest absolute Gasteiger partial charge is 0.394 e. The molecular weight excluding hydrogens is 322 g/mol. The van der Waals surface area contributed by atoms with Gasteiger partial charge >= 0.3 is 0 Å². The number of nitrogens with two attached hydrogens (primary N) is 3. The molecule has 11 nitrogen and oxygen atoms in total. The number of rotatable bonds is 13. The number of aliphatic hydroxyl groups excluding tert-OH is 5. The van der Waals surface area contributed by atoms with Gasteiger partial charge in [-0.2, -0.15) is 0 Å². The Bertz CT molecular complexity index is 393. The molecule has 0 saturated carbocycles. The molecule has 1 amide bonds. The molecule has 1 unspecified atom stereocenters. The van der Waals surface area contributed by atoms with E-state index in [2.05, 4.69) is 10.3 Å². The molecule has 0 aromatic heterocycles. The molecular formula is C13H29N5O6. The summed E-state index contributed by atoms with van der Waals surface area (Å²) < 4.78 is 0. The van der Waals surface area contributed by atoms with Crippen LogP contribution < -0.4 is 22.5 Å². The minimum atomic E-state index is -1.72. The van der Waals surface area contributed by atoms with E-state index in [0.717, 1.165) is 0 Å². The van der Waals surface area contributed by atoms with Gasteiger partial charge in [0.1, 0.15) is 18.3 Å². The van der Waals surface area contributed by atoms with Gasteiger partial charge in [-0.25, -0.2) is 0 Å². The van der Waals surface area contributed by atoms with Gasteiger partial charge in [-0.3, -0.25) is 9.79 Å². The van der Waals surface area contributed by atoms with Crippen molar-refractivity contribution in [2.24, 2.45) is 22.2 Å². The summed E-state index contributed by atoms with van der Waals surface area (Å²) >= 11 is 0. The molecule has 0 heterocycles. The van der Waals surface area contributed by atoms with Crippen molar-refractivity contribution in [1.29, 1.82) is 0 Å². The number of aliphatic imine (C=N–C) groups is 1. The van der Waals surface area contributed by atoms with Gasteiger partial charge in [0.25, 0.3) is 0 Å². The Morgan fingerprint density at radius 2 is 1.58 bits per heavy atom. The predicted octanol–water partition coefficient (Wildman–Crippen LogP) is -4.69. The number of hydrogen-bond acceptors (Lipinski definition) is 8. The zero-order valence-electron chi connectivity index (χ0n) is 13.5. The number of guanidine groups is 1. The van der Waals surface area contributed by atoms with Crippen LogP contribution in [0.2, 0.25) is 0 Å². The molecule has 0 fully saturated rings. The van der Waals surface area contributed by atoms with Crippen molar-refractivity contribution < 1.29 is 30.3 Å². The summed E-state index contributed by atoms with van der Waals surface area (Å²) in [5, 5.41) is 49.6. The minimum absolute atomic E-state index is 0.0136. The lowest BCUT2D eigenvalue weighted by atomic mass is 10.0. The Morgan fingerprint density at radius 3 is 2.08 bits per heavy atom. The van der Waals surface area contributed by atoms with E-state index >= 15 is 0 Å². The molecule has 0 aromatic rings. The van der Waals surface area contributed by atoms with Crippen LogP contribution in [-0.2, 0) is 4.79 Å². The highest BCUT2D eigenvalue weighted by Gasteiger charge is 2.30. The first-order valence-electron chi connectivity index (χ1n) is 7.61. The van der Waals surface area contributed by atoms with E-state index in [1.807, 2.05) is 0 Å². The first kappa shape index (κ1) is 22.5. The molecule has 142 valence electrons. The second kappa shape index (κ2) is 11.9. The van der Waals surface area contributed by atoms with Crippen LogP contribution in [0, 0.1) is 0 Å². The molecule has 0 bridgehead atoms. The van der Waals surface area contributed by atoms with Gasteiger partial charge in [0, 0.05) is 13.1 Å². The van der Waals surface area contributed by atoms with Gasteiger partial charge in [0.15, 0.2) is 5.96 Å². The number of nitrogens with one attached hydrogen (secondary N) is 1. The number of aliphatic hydroxyl groups is 5. The number of amides is 1. The molecule has 0 radical (unpaired) electrons. The first-order valence-corrected chi connectivity index (χ1v) is 7.61. The van der Waals surface area contributed by atoms with Crippen LogP contribution in [0.25, 0.3) is 0 Å². The van der Waals surface area contributed by atoms with E-state index in [0.29, 0.717) is 25.8 Å². The van der Waals surface area contributed by atoms with E-state index in [1.54, 1.807) is 0 Å². The van der Waals surface area contributed by atoms with E-state index in [-0.39, 0.29) is 12.5 Å². The maximum absolute atomic E-state index is 11.4. The molecule has 24 heavy (non-hydrogen) atoms. The minimum Gasteiger partial charge on any atom is -0.394 e. The number of primary amides is 1. The highest BCUT2D eigenvalue weighted by atomic mass is 16.4. The highest BCUT2D eigenvalue weighted by molar-refractivity contribution is 5.79. The van der Waals surface area contributed by atoms with E-state index in [1.165, 1.54) is 0 Å². The summed E-state index contributed by atoms with van der Waals surface area (Å²) in [6.07, 6.45) is -4.87. The monoisotopic (exact) mass is 351 g/mol. The fourth-order valence-electron chi connectivity index (χ4n) is 1.96. The number of hydrogen-bond donors (Lipinski definition) is 9. The van der Waals surface area contributed by atoms with Crippen molar-refractivity contribution >= 4 is 11.9 Å². The van der Waals surface area contributed by atoms with Gasteiger partial charge < -0.3 is 48.1 Å². The molecule has 5 atom stereocenters. The van der Waals surface area contributed by atoms with Crippen molar-refractivity contribution in [2.45, 2.75) is 49.7 Å². The Balaban J connectivity index is 4.28. The Hall–Kier alpha value is -1.50. The van der Waals surface area contributed by atoms with E-state index in [4.69, 9.17) is 22.3 Å². The van der Waals surface area contributed by atoms with Crippen molar-refractivity contribution in [3.05, 3.63) is 0 Å². The van der Waals surface area contributed by atoms with Crippen LogP contribution in [0.3, 0.4) is 0 Å². The number of carbonyl (C=O) groups is 1. The van der Waals surface area contributed by atoms with Crippen molar-refractivity contribution in [3.63, 3.8) is 0 Å². The first-order chi connectivity index (χ1) is 11.2. The van der Waals surface area contributed by atoms with Crippen LogP contribution in [0.4, 0.5) is 0 Å². The third-order valence-corrected chi connectivity index (χ3v) is 3.44. The summed E-state index contributed by atoms with van der Waals surface area (Å²) in [5.41, 5.74) is 15.6. The second-order valence-electron chi connectivity index (χ2n) is 5.46. The van der Waals surface area contributed by atoms with Gasteiger partial charge in [-0.1, -0.05) is 0 Å². The maximum atomic E-state index is 11.4. The highest BCUT2D eigenvalue weighted by Crippen LogP contribution is 2.06. The fourth-order valence-corrected chi connectivity index (χ4v) is 1.96. The van der Waals surface area contributed by atoms with Crippen LogP contribution in [0.15, 0.2) is 4.99 Å². The summed E-state index contributed by atoms with van der Waals surface area (Å²) in [6.45, 7) is -0.587. The molecule has 0 saturated heterocycles. The summed E-state index contributed by atoms with van der Waals surface area (Å²) in [6, 6.07) is -0.744. The smallest absolute Gasteiger partial charge is 0.234 e. The van der Waals surface area contributed by atoms with Gasteiger partial charge in [0.2, 0.25) is 5.91 Å². The van der Waals surface area contributed by atoms with Crippen LogP contribution in [0.1, 0.15) is 19.3 Å². The molecule has 0 spiro atoms. The van der Waals surface area contributed by atoms with Crippen molar-refractivity contribution in [2.75, 3.05) is 19.7 Å². The topological polar surface area (TPSA) is 221 Å². The Labute approximate surface area is 140 Å². The Morgan fingerprint density at radius 1 is 1.00 bits per heavy atom. The summed E-state index contributed by atoms with van der Waals surface area (Å²) in [7, 11) is 0.